The molecule has 0 saturated carbocycles. The number of para-hydroxylation sites is 1. The molecule has 1 amide bonds. The fraction of sp³-hybridized carbons (Fsp3) is 0.281. The molecule has 3 aromatic carbocycles. The van der Waals surface area contributed by atoms with Gasteiger partial charge in [0.1, 0.15) is 12.6 Å². The van der Waals surface area contributed by atoms with Crippen LogP contribution in [0.2, 0.25) is 0 Å². The Morgan fingerprint density at radius 1 is 1.07 bits per heavy atom. The number of ether oxygens (including phenoxy) is 2. The molecule has 0 fully saturated rings. The molecule has 0 aliphatic carbocycles. The molecule has 1 aromatic heterocycles. The lowest BCUT2D eigenvalue weighted by molar-refractivity contribution is -0.113. The number of carbonyl (C=O) groups excluding carboxylic acids is 1. The van der Waals surface area contributed by atoms with Crippen LogP contribution in [0.4, 0.5) is 11.6 Å². The van der Waals surface area contributed by atoms with E-state index in [9.17, 15) is 4.79 Å². The second-order valence-electron chi connectivity index (χ2n) is 9.88. The van der Waals surface area contributed by atoms with Gasteiger partial charge in [-0.3, -0.25) is 4.79 Å². The zero-order chi connectivity index (χ0) is 29.6. The van der Waals surface area contributed by atoms with E-state index in [2.05, 4.69) is 52.5 Å². The molecule has 0 radical (unpaired) electrons. The van der Waals surface area contributed by atoms with E-state index in [-0.39, 0.29) is 5.91 Å². The highest BCUT2D eigenvalue weighted by atomic mass is 79.9. The first-order valence-electron chi connectivity index (χ1n) is 14.0. The summed E-state index contributed by atoms with van der Waals surface area (Å²) in [5.41, 5.74) is 5.01. The lowest BCUT2D eigenvalue weighted by Crippen LogP contribution is -2.31. The van der Waals surface area contributed by atoms with Crippen LogP contribution in [-0.4, -0.2) is 33.0 Å². The fourth-order valence-electron chi connectivity index (χ4n) is 4.78. The van der Waals surface area contributed by atoms with Crippen molar-refractivity contribution in [2.75, 3.05) is 23.0 Å². The van der Waals surface area contributed by atoms with Crippen molar-refractivity contribution in [1.82, 2.24) is 14.8 Å². The molecule has 1 aliphatic heterocycles. The van der Waals surface area contributed by atoms with Crippen molar-refractivity contribution >= 4 is 45.2 Å². The Morgan fingerprint density at radius 3 is 2.57 bits per heavy atom. The molecule has 218 valence electrons. The number of nitrogens with zero attached hydrogens (tertiary/aromatic N) is 3. The lowest BCUT2D eigenvalue weighted by atomic mass is 9.94. The SMILES string of the molecule is CCCSc1nc2n(n1)C(c1cc(Br)c(OCc3ccccc3C)c(OCC)c1)C(C(=O)Nc1ccccc1)=C(C)N2. The van der Waals surface area contributed by atoms with Crippen LogP contribution in [0.15, 0.2) is 87.6 Å². The third-order valence-corrected chi connectivity index (χ3v) is 8.46. The van der Waals surface area contributed by atoms with Crippen molar-refractivity contribution in [2.45, 2.75) is 51.9 Å². The maximum Gasteiger partial charge on any atom is 0.255 e. The van der Waals surface area contributed by atoms with E-state index in [0.717, 1.165) is 33.3 Å². The highest BCUT2D eigenvalue weighted by Crippen LogP contribution is 2.43. The molecule has 1 aliphatic rings. The monoisotopic (exact) mass is 647 g/mol. The number of fused-ring (bicyclic) bond motifs is 1. The van der Waals surface area contributed by atoms with Crippen LogP contribution in [0.3, 0.4) is 0 Å². The Balaban J connectivity index is 1.57. The van der Waals surface area contributed by atoms with Crippen LogP contribution >= 0.6 is 27.7 Å². The third-order valence-electron chi connectivity index (χ3n) is 6.83. The predicted octanol–water partition coefficient (Wildman–Crippen LogP) is 7.76. The third kappa shape index (κ3) is 6.50. The van der Waals surface area contributed by atoms with Gasteiger partial charge in [-0.2, -0.15) is 4.98 Å². The normalized spacial score (nSPS) is 14.3. The zero-order valence-corrected chi connectivity index (χ0v) is 26.5. The molecule has 0 spiro atoms. The first-order valence-corrected chi connectivity index (χ1v) is 15.7. The smallest absolute Gasteiger partial charge is 0.255 e. The van der Waals surface area contributed by atoms with Gasteiger partial charge in [-0.25, -0.2) is 4.68 Å². The number of thioether (sulfide) groups is 1. The van der Waals surface area contributed by atoms with Gasteiger partial charge >= 0.3 is 0 Å². The van der Waals surface area contributed by atoms with E-state index >= 15 is 0 Å². The van der Waals surface area contributed by atoms with Gasteiger partial charge in [0.25, 0.3) is 5.91 Å². The minimum Gasteiger partial charge on any atom is -0.490 e. The maximum absolute atomic E-state index is 13.9. The zero-order valence-electron chi connectivity index (χ0n) is 24.1. The number of halogens is 1. The number of aromatic nitrogens is 3. The van der Waals surface area contributed by atoms with Crippen LogP contribution in [0.5, 0.6) is 11.5 Å². The Bertz CT molecular complexity index is 1610. The van der Waals surface area contributed by atoms with E-state index < -0.39 is 6.04 Å². The van der Waals surface area contributed by atoms with Crippen molar-refractivity contribution in [2.24, 2.45) is 0 Å². The molecular weight excluding hydrogens is 614 g/mol. The Morgan fingerprint density at radius 2 is 1.83 bits per heavy atom. The Hall–Kier alpha value is -3.76. The molecule has 0 bridgehead atoms. The van der Waals surface area contributed by atoms with Crippen LogP contribution in [0.25, 0.3) is 0 Å². The van der Waals surface area contributed by atoms with Crippen LogP contribution in [0.1, 0.15) is 49.9 Å². The highest BCUT2D eigenvalue weighted by Gasteiger charge is 2.35. The first-order chi connectivity index (χ1) is 20.4. The summed E-state index contributed by atoms with van der Waals surface area (Å²) in [5, 5.41) is 11.9. The number of anilines is 2. The average molecular weight is 649 g/mol. The van der Waals surface area contributed by atoms with Crippen LogP contribution in [0, 0.1) is 6.92 Å². The number of benzene rings is 3. The summed E-state index contributed by atoms with van der Waals surface area (Å²) in [7, 11) is 0. The summed E-state index contributed by atoms with van der Waals surface area (Å²) in [5.74, 6) is 2.44. The van der Waals surface area contributed by atoms with E-state index in [1.54, 1.807) is 16.4 Å². The van der Waals surface area contributed by atoms with Gasteiger partial charge in [-0.05, 0) is 84.1 Å². The van der Waals surface area contributed by atoms with E-state index in [1.165, 1.54) is 0 Å². The van der Waals surface area contributed by atoms with Gasteiger partial charge in [-0.1, -0.05) is 61.2 Å². The molecule has 5 rings (SSSR count). The summed E-state index contributed by atoms with van der Waals surface area (Å²) in [4.78, 5) is 18.6. The van der Waals surface area contributed by atoms with Gasteiger partial charge in [0.15, 0.2) is 11.5 Å². The first kappa shape index (κ1) is 29.7. The second kappa shape index (κ2) is 13.5. The minimum absolute atomic E-state index is 0.228. The van der Waals surface area contributed by atoms with Crippen molar-refractivity contribution < 1.29 is 14.3 Å². The number of amides is 1. The van der Waals surface area contributed by atoms with Crippen molar-refractivity contribution in [3.63, 3.8) is 0 Å². The number of nitrogens with one attached hydrogen (secondary N) is 2. The van der Waals surface area contributed by atoms with Crippen LogP contribution in [-0.2, 0) is 11.4 Å². The van der Waals surface area contributed by atoms with Gasteiger partial charge in [0.2, 0.25) is 11.1 Å². The lowest BCUT2D eigenvalue weighted by Gasteiger charge is -2.29. The number of carbonyl (C=O) groups is 1. The molecule has 2 N–H and O–H groups in total. The minimum atomic E-state index is -0.561. The fourth-order valence-corrected chi connectivity index (χ4v) is 6.04. The standard InChI is InChI=1S/C32H34BrN5O3S/c1-5-16-42-32-36-31-34-21(4)27(30(39)35-24-14-8-7-9-15-24)28(38(31)37-32)23-17-25(33)29(26(18-23)40-6-2)41-19-22-13-11-10-12-20(22)3/h7-15,17-18,28H,5-6,16,19H2,1-4H3,(H,35,39)(H,34,36,37). The van der Waals surface area contributed by atoms with Crippen molar-refractivity contribution in [3.05, 3.63) is 99.2 Å². The molecule has 10 heteroatoms. The van der Waals surface area contributed by atoms with Crippen LogP contribution < -0.4 is 20.1 Å². The summed E-state index contributed by atoms with van der Waals surface area (Å²) in [6.45, 7) is 8.86. The molecular formula is C32H34BrN5O3S. The summed E-state index contributed by atoms with van der Waals surface area (Å²) >= 11 is 5.34. The van der Waals surface area contributed by atoms with E-state index in [4.69, 9.17) is 19.6 Å². The number of allylic oxidation sites excluding steroid dienone is 1. The molecule has 8 nitrogen and oxygen atoms in total. The Labute approximate surface area is 259 Å². The molecule has 2 heterocycles. The van der Waals surface area contributed by atoms with Gasteiger partial charge in [0.05, 0.1) is 16.7 Å². The van der Waals surface area contributed by atoms with Crippen molar-refractivity contribution in [1.29, 1.82) is 0 Å². The van der Waals surface area contributed by atoms with Gasteiger partial charge in [-0.15, -0.1) is 5.10 Å². The van der Waals surface area contributed by atoms with Gasteiger partial charge < -0.3 is 20.1 Å². The second-order valence-corrected chi connectivity index (χ2v) is 11.8. The molecule has 0 saturated heterocycles. The average Bonchev–Trinajstić information content (AvgIpc) is 3.38. The highest BCUT2D eigenvalue weighted by molar-refractivity contribution is 9.10. The van der Waals surface area contributed by atoms with E-state index in [0.29, 0.717) is 52.8 Å². The van der Waals surface area contributed by atoms with Crippen molar-refractivity contribution in [3.8, 4) is 11.5 Å². The quantitative estimate of drug-likeness (QED) is 0.161. The Kier molecular flexibility index (Phi) is 9.54. The summed E-state index contributed by atoms with van der Waals surface area (Å²) in [6.07, 6.45) is 1.00. The maximum atomic E-state index is 13.9. The number of hydrogen-bond donors (Lipinski definition) is 2. The predicted molar refractivity (Wildman–Crippen MR) is 171 cm³/mol. The molecule has 42 heavy (non-hydrogen) atoms. The number of aryl methyl sites for hydroxylation is 1. The summed E-state index contributed by atoms with van der Waals surface area (Å²) < 4.78 is 14.9. The number of hydrogen-bond acceptors (Lipinski definition) is 7. The molecule has 1 unspecified atom stereocenters. The largest absolute Gasteiger partial charge is 0.490 e. The number of rotatable bonds is 11. The summed E-state index contributed by atoms with van der Waals surface area (Å²) in [6, 6.07) is 20.9. The molecule has 1 atom stereocenters. The topological polar surface area (TPSA) is 90.3 Å². The van der Waals surface area contributed by atoms with Gasteiger partial charge in [0, 0.05) is 17.1 Å². The van der Waals surface area contributed by atoms with E-state index in [1.807, 2.05) is 68.4 Å². The molecule has 4 aromatic rings.